The van der Waals surface area contributed by atoms with Crippen molar-refractivity contribution in [2.75, 3.05) is 0 Å². The van der Waals surface area contributed by atoms with Crippen molar-refractivity contribution in [1.29, 1.82) is 0 Å². The summed E-state index contributed by atoms with van der Waals surface area (Å²) in [6, 6.07) is 21.1. The lowest BCUT2D eigenvalue weighted by atomic mass is 10.1. The number of rotatable bonds is 5. The van der Waals surface area contributed by atoms with E-state index < -0.39 is 0 Å². The molecule has 0 unspecified atom stereocenters. The summed E-state index contributed by atoms with van der Waals surface area (Å²) in [4.78, 5) is 0. The van der Waals surface area contributed by atoms with Crippen LogP contribution in [0, 0.1) is 0 Å². The molecule has 4 heteroatoms. The summed E-state index contributed by atoms with van der Waals surface area (Å²) >= 11 is 0. The number of hydrogen-bond donors (Lipinski definition) is 0. The van der Waals surface area contributed by atoms with Crippen LogP contribution in [0.5, 0.6) is 0 Å². The average Bonchev–Trinajstić information content (AvgIpc) is 3.26. The quantitative estimate of drug-likeness (QED) is 0.513. The van der Waals surface area contributed by atoms with E-state index in [1.807, 2.05) is 6.07 Å². The molecule has 0 aliphatic heterocycles. The fourth-order valence-corrected chi connectivity index (χ4v) is 3.09. The molecule has 4 rings (SSSR count). The van der Waals surface area contributed by atoms with Gasteiger partial charge in [-0.3, -0.25) is 0 Å². The fourth-order valence-electron chi connectivity index (χ4n) is 3.09. The molecular formula is C21H21N3O. The molecule has 0 bridgehead atoms. The van der Waals surface area contributed by atoms with Gasteiger partial charge in [0, 0.05) is 23.4 Å². The Bertz CT molecular complexity index is 983. The number of aromatic nitrogens is 3. The first kappa shape index (κ1) is 15.6. The summed E-state index contributed by atoms with van der Waals surface area (Å²) < 4.78 is 8.19. The van der Waals surface area contributed by atoms with Crippen molar-refractivity contribution in [3.63, 3.8) is 0 Å². The summed E-state index contributed by atoms with van der Waals surface area (Å²) in [5.74, 6) is 1.49. The van der Waals surface area contributed by atoms with Gasteiger partial charge in [0.1, 0.15) is 5.69 Å². The van der Waals surface area contributed by atoms with Crippen molar-refractivity contribution in [1.82, 2.24) is 14.8 Å². The first-order valence-electron chi connectivity index (χ1n) is 8.68. The SMILES string of the molecule is CC(C)c1nnc(-c2cc3ccccc3n2CCc2ccccc2)o1. The van der Waals surface area contributed by atoms with Crippen LogP contribution in [-0.4, -0.2) is 14.8 Å². The topological polar surface area (TPSA) is 43.9 Å². The van der Waals surface area contributed by atoms with Gasteiger partial charge in [-0.15, -0.1) is 10.2 Å². The molecule has 2 heterocycles. The van der Waals surface area contributed by atoms with Crippen LogP contribution < -0.4 is 0 Å². The molecule has 0 spiro atoms. The highest BCUT2D eigenvalue weighted by atomic mass is 16.4. The van der Waals surface area contributed by atoms with Crippen molar-refractivity contribution in [3.8, 4) is 11.6 Å². The molecule has 0 aliphatic rings. The van der Waals surface area contributed by atoms with Crippen LogP contribution in [0.3, 0.4) is 0 Å². The van der Waals surface area contributed by atoms with E-state index in [-0.39, 0.29) is 5.92 Å². The Kier molecular flexibility index (Phi) is 4.10. The van der Waals surface area contributed by atoms with Crippen molar-refractivity contribution < 1.29 is 4.42 Å². The minimum Gasteiger partial charge on any atom is -0.419 e. The Morgan fingerprint density at radius 2 is 1.72 bits per heavy atom. The van der Waals surface area contributed by atoms with Crippen molar-refractivity contribution in [2.24, 2.45) is 0 Å². The molecule has 0 N–H and O–H groups in total. The van der Waals surface area contributed by atoms with Gasteiger partial charge in [0.2, 0.25) is 5.89 Å². The standard InChI is InChI=1S/C21H21N3O/c1-15(2)20-22-23-21(25-20)19-14-17-10-6-7-11-18(17)24(19)13-12-16-8-4-3-5-9-16/h3-11,14-15H,12-13H2,1-2H3. The zero-order valence-corrected chi connectivity index (χ0v) is 14.5. The molecule has 0 aliphatic carbocycles. The third-order valence-electron chi connectivity index (χ3n) is 4.43. The first-order valence-corrected chi connectivity index (χ1v) is 8.68. The van der Waals surface area contributed by atoms with E-state index in [0.717, 1.165) is 18.7 Å². The van der Waals surface area contributed by atoms with Gasteiger partial charge in [-0.1, -0.05) is 62.4 Å². The van der Waals surface area contributed by atoms with Crippen molar-refractivity contribution >= 4 is 10.9 Å². The van der Waals surface area contributed by atoms with Crippen molar-refractivity contribution in [2.45, 2.75) is 32.7 Å². The van der Waals surface area contributed by atoms with Gasteiger partial charge in [0.05, 0.1) is 0 Å². The van der Waals surface area contributed by atoms with Gasteiger partial charge in [-0.2, -0.15) is 0 Å². The number of aryl methyl sites for hydroxylation is 2. The van der Waals surface area contributed by atoms with E-state index in [4.69, 9.17) is 4.42 Å². The highest BCUT2D eigenvalue weighted by Crippen LogP contribution is 2.29. The Hall–Kier alpha value is -2.88. The minimum absolute atomic E-state index is 0.225. The second-order valence-electron chi connectivity index (χ2n) is 6.58. The van der Waals surface area contributed by atoms with E-state index in [9.17, 15) is 0 Å². The molecule has 2 aromatic heterocycles. The molecule has 0 saturated heterocycles. The Morgan fingerprint density at radius 3 is 2.48 bits per heavy atom. The average molecular weight is 331 g/mol. The molecule has 0 radical (unpaired) electrons. The lowest BCUT2D eigenvalue weighted by Crippen LogP contribution is -2.03. The van der Waals surface area contributed by atoms with Crippen LogP contribution in [0.1, 0.15) is 31.2 Å². The van der Waals surface area contributed by atoms with Crippen LogP contribution in [0.25, 0.3) is 22.5 Å². The maximum atomic E-state index is 5.91. The van der Waals surface area contributed by atoms with Gasteiger partial charge in [0.25, 0.3) is 5.89 Å². The maximum absolute atomic E-state index is 5.91. The number of fused-ring (bicyclic) bond motifs is 1. The minimum atomic E-state index is 0.225. The smallest absolute Gasteiger partial charge is 0.264 e. The van der Waals surface area contributed by atoms with Crippen LogP contribution in [0.15, 0.2) is 65.1 Å². The summed E-state index contributed by atoms with van der Waals surface area (Å²) in [5, 5.41) is 9.66. The summed E-state index contributed by atoms with van der Waals surface area (Å²) in [5.41, 5.74) is 3.49. The monoisotopic (exact) mass is 331 g/mol. The lowest BCUT2D eigenvalue weighted by Gasteiger charge is -2.09. The molecule has 0 saturated carbocycles. The molecule has 2 aromatic carbocycles. The molecule has 25 heavy (non-hydrogen) atoms. The van der Waals surface area contributed by atoms with E-state index >= 15 is 0 Å². The third kappa shape index (κ3) is 3.07. The van der Waals surface area contributed by atoms with Gasteiger partial charge in [-0.25, -0.2) is 0 Å². The predicted molar refractivity (Wildman–Crippen MR) is 99.5 cm³/mol. The Labute approximate surface area is 147 Å². The Morgan fingerprint density at radius 1 is 0.960 bits per heavy atom. The molecule has 0 atom stereocenters. The van der Waals surface area contributed by atoms with Crippen LogP contribution in [0.2, 0.25) is 0 Å². The zero-order valence-electron chi connectivity index (χ0n) is 14.5. The summed E-state index contributed by atoms with van der Waals surface area (Å²) in [7, 11) is 0. The van der Waals surface area contributed by atoms with Gasteiger partial charge in [-0.05, 0) is 24.1 Å². The molecule has 4 nitrogen and oxygen atoms in total. The van der Waals surface area contributed by atoms with Gasteiger partial charge >= 0.3 is 0 Å². The number of hydrogen-bond acceptors (Lipinski definition) is 3. The van der Waals surface area contributed by atoms with E-state index in [1.165, 1.54) is 16.5 Å². The number of benzene rings is 2. The molecule has 4 aromatic rings. The highest BCUT2D eigenvalue weighted by Gasteiger charge is 2.17. The lowest BCUT2D eigenvalue weighted by molar-refractivity contribution is 0.477. The van der Waals surface area contributed by atoms with Gasteiger partial charge < -0.3 is 8.98 Å². The number of nitrogens with zero attached hydrogens (tertiary/aromatic N) is 3. The molecule has 0 fully saturated rings. The van der Waals surface area contributed by atoms with Crippen molar-refractivity contribution in [3.05, 3.63) is 72.1 Å². The fraction of sp³-hybridized carbons (Fsp3) is 0.238. The first-order chi connectivity index (χ1) is 12.2. The second-order valence-corrected chi connectivity index (χ2v) is 6.58. The molecule has 126 valence electrons. The normalized spacial score (nSPS) is 11.5. The number of para-hydroxylation sites is 1. The van der Waals surface area contributed by atoms with Gasteiger partial charge in [0.15, 0.2) is 0 Å². The largest absolute Gasteiger partial charge is 0.419 e. The summed E-state index contributed by atoms with van der Waals surface area (Å²) in [6.45, 7) is 4.98. The third-order valence-corrected chi connectivity index (χ3v) is 4.43. The van der Waals surface area contributed by atoms with Crippen LogP contribution in [0.4, 0.5) is 0 Å². The zero-order chi connectivity index (χ0) is 17.2. The Balaban J connectivity index is 1.75. The van der Waals surface area contributed by atoms with E-state index in [1.54, 1.807) is 0 Å². The molecule has 0 amide bonds. The summed E-state index contributed by atoms with van der Waals surface area (Å²) in [6.07, 6.45) is 0.956. The van der Waals surface area contributed by atoms with E-state index in [0.29, 0.717) is 11.8 Å². The van der Waals surface area contributed by atoms with E-state index in [2.05, 4.69) is 83.2 Å². The second kappa shape index (κ2) is 6.55. The van der Waals surface area contributed by atoms with Crippen LogP contribution in [-0.2, 0) is 13.0 Å². The predicted octanol–water partition coefficient (Wildman–Crippen LogP) is 5.06. The van der Waals surface area contributed by atoms with Crippen LogP contribution >= 0.6 is 0 Å². The molecular weight excluding hydrogens is 310 g/mol. The maximum Gasteiger partial charge on any atom is 0.264 e. The highest BCUT2D eigenvalue weighted by molar-refractivity contribution is 5.85.